The maximum absolute atomic E-state index is 12.6. The molecule has 1 aliphatic heterocycles. The van der Waals surface area contributed by atoms with Crippen LogP contribution in [0.1, 0.15) is 44.1 Å². The lowest BCUT2D eigenvalue weighted by atomic mass is 9.76. The van der Waals surface area contributed by atoms with Crippen LogP contribution < -0.4 is 0 Å². The molecule has 1 aromatic rings. The van der Waals surface area contributed by atoms with E-state index >= 15 is 0 Å². The average molecular weight is 302 g/mol. The minimum absolute atomic E-state index is 0.222. The summed E-state index contributed by atoms with van der Waals surface area (Å²) in [7, 11) is 1.82. The Morgan fingerprint density at radius 1 is 1.36 bits per heavy atom. The lowest BCUT2D eigenvalue weighted by Gasteiger charge is -2.43. The Labute approximate surface area is 132 Å². The van der Waals surface area contributed by atoms with Gasteiger partial charge >= 0.3 is 0 Å². The first-order valence-electron chi connectivity index (χ1n) is 8.43. The van der Waals surface area contributed by atoms with Gasteiger partial charge in [-0.25, -0.2) is 0 Å². The van der Waals surface area contributed by atoms with E-state index in [2.05, 4.69) is 9.88 Å². The maximum Gasteiger partial charge on any atom is 0.222 e. The number of piperidine rings is 1. The number of likely N-dealkylation sites (tertiary alicyclic amines) is 1. The molecule has 4 heteroatoms. The Kier molecular flexibility index (Phi) is 4.77. The fraction of sp³-hybridized carbons (Fsp3) is 0.667. The Hall–Kier alpha value is -1.42. The van der Waals surface area contributed by atoms with Gasteiger partial charge in [0.2, 0.25) is 5.91 Å². The van der Waals surface area contributed by atoms with Gasteiger partial charge in [0.1, 0.15) is 0 Å². The van der Waals surface area contributed by atoms with E-state index in [1.807, 2.05) is 19.2 Å². The summed E-state index contributed by atoms with van der Waals surface area (Å²) in [5.41, 5.74) is 1.41. The van der Waals surface area contributed by atoms with Gasteiger partial charge in [-0.1, -0.05) is 6.42 Å². The van der Waals surface area contributed by atoms with Crippen molar-refractivity contribution in [2.24, 2.45) is 5.41 Å². The number of rotatable bonds is 4. The van der Waals surface area contributed by atoms with Crippen LogP contribution in [0.2, 0.25) is 0 Å². The van der Waals surface area contributed by atoms with Crippen molar-refractivity contribution in [2.45, 2.75) is 51.0 Å². The topological polar surface area (TPSA) is 42.4 Å². The smallest absolute Gasteiger partial charge is 0.222 e. The number of carbonyl (C=O) groups is 1. The zero-order valence-electron chi connectivity index (χ0n) is 13.5. The molecule has 2 aliphatic rings. The first-order valence-corrected chi connectivity index (χ1v) is 8.43. The summed E-state index contributed by atoms with van der Waals surface area (Å²) in [5.74, 6) is 0.289. The van der Waals surface area contributed by atoms with Gasteiger partial charge in [-0.05, 0) is 49.8 Å². The van der Waals surface area contributed by atoms with Crippen LogP contribution in [-0.2, 0) is 16.0 Å². The third-order valence-electron chi connectivity index (χ3n) is 5.45. The second-order valence-corrected chi connectivity index (χ2v) is 6.75. The number of aryl methyl sites for hydroxylation is 1. The predicted octanol–water partition coefficient (Wildman–Crippen LogP) is 2.82. The number of ether oxygens (including phenoxy) is 1. The molecule has 3 rings (SSSR count). The summed E-state index contributed by atoms with van der Waals surface area (Å²) in [6.45, 7) is 1.80. The second-order valence-electron chi connectivity index (χ2n) is 6.75. The number of pyridine rings is 1. The van der Waals surface area contributed by atoms with Gasteiger partial charge in [-0.2, -0.15) is 0 Å². The van der Waals surface area contributed by atoms with Gasteiger partial charge in [-0.3, -0.25) is 9.78 Å². The van der Waals surface area contributed by atoms with Crippen molar-refractivity contribution < 1.29 is 9.53 Å². The Bertz CT molecular complexity index is 505. The van der Waals surface area contributed by atoms with Gasteiger partial charge in [0.25, 0.3) is 0 Å². The van der Waals surface area contributed by atoms with Crippen molar-refractivity contribution in [3.05, 3.63) is 30.1 Å². The summed E-state index contributed by atoms with van der Waals surface area (Å²) in [6.07, 6.45) is 11.2. The van der Waals surface area contributed by atoms with Crippen LogP contribution in [0.4, 0.5) is 0 Å². The quantitative estimate of drug-likeness (QED) is 0.859. The molecule has 2 heterocycles. The summed E-state index contributed by atoms with van der Waals surface area (Å²) in [6, 6.07) is 3.98. The molecule has 0 aromatic carbocycles. The van der Waals surface area contributed by atoms with Crippen LogP contribution in [0.15, 0.2) is 24.5 Å². The zero-order valence-corrected chi connectivity index (χ0v) is 13.5. The highest BCUT2D eigenvalue weighted by molar-refractivity contribution is 5.76. The maximum atomic E-state index is 12.6. The van der Waals surface area contributed by atoms with Gasteiger partial charge < -0.3 is 9.64 Å². The lowest BCUT2D eigenvalue weighted by molar-refractivity contribution is -0.137. The van der Waals surface area contributed by atoms with Crippen LogP contribution in [0, 0.1) is 5.41 Å². The number of methoxy groups -OCH3 is 1. The van der Waals surface area contributed by atoms with E-state index in [1.54, 1.807) is 12.4 Å². The first kappa shape index (κ1) is 15.5. The molecule has 0 bridgehead atoms. The largest absolute Gasteiger partial charge is 0.381 e. The summed E-state index contributed by atoms with van der Waals surface area (Å²) < 4.78 is 5.72. The van der Waals surface area contributed by atoms with Crippen molar-refractivity contribution in [1.29, 1.82) is 0 Å². The molecule has 1 aromatic heterocycles. The molecule has 4 nitrogen and oxygen atoms in total. The molecule has 2 atom stereocenters. The van der Waals surface area contributed by atoms with E-state index in [0.717, 1.165) is 32.4 Å². The third kappa shape index (κ3) is 3.17. The Morgan fingerprint density at radius 3 is 2.91 bits per heavy atom. The highest BCUT2D eigenvalue weighted by Gasteiger charge is 2.46. The fourth-order valence-corrected chi connectivity index (χ4v) is 4.27. The molecule has 22 heavy (non-hydrogen) atoms. The molecular formula is C18H26N2O2. The average Bonchev–Trinajstić information content (AvgIpc) is 2.95. The minimum Gasteiger partial charge on any atom is -0.381 e. The van der Waals surface area contributed by atoms with Crippen molar-refractivity contribution in [1.82, 2.24) is 9.88 Å². The molecule has 1 spiro atoms. The number of aromatic nitrogens is 1. The molecule has 1 amide bonds. The zero-order chi connectivity index (χ0) is 15.4. The van der Waals surface area contributed by atoms with E-state index in [9.17, 15) is 4.79 Å². The molecule has 0 unspecified atom stereocenters. The van der Waals surface area contributed by atoms with E-state index in [0.29, 0.717) is 12.5 Å². The standard InChI is InChI=1S/C18H26N2O2/c1-22-16-4-2-9-18(16)10-3-13-20(14-18)17(21)6-5-15-7-11-19-12-8-15/h7-8,11-12,16H,2-6,9-10,13-14H2,1H3/t16-,18+/m1/s1. The van der Waals surface area contributed by atoms with Crippen molar-refractivity contribution in [3.63, 3.8) is 0 Å². The van der Waals surface area contributed by atoms with E-state index in [1.165, 1.54) is 24.8 Å². The highest BCUT2D eigenvalue weighted by atomic mass is 16.5. The van der Waals surface area contributed by atoms with Gasteiger partial charge in [-0.15, -0.1) is 0 Å². The van der Waals surface area contributed by atoms with Crippen LogP contribution in [0.25, 0.3) is 0 Å². The van der Waals surface area contributed by atoms with Crippen LogP contribution in [0.3, 0.4) is 0 Å². The van der Waals surface area contributed by atoms with E-state index in [4.69, 9.17) is 4.74 Å². The molecule has 2 fully saturated rings. The van der Waals surface area contributed by atoms with Crippen LogP contribution >= 0.6 is 0 Å². The van der Waals surface area contributed by atoms with E-state index < -0.39 is 0 Å². The molecule has 1 aliphatic carbocycles. The van der Waals surface area contributed by atoms with Crippen molar-refractivity contribution >= 4 is 5.91 Å². The lowest BCUT2D eigenvalue weighted by Crippen LogP contribution is -2.49. The van der Waals surface area contributed by atoms with Crippen LogP contribution in [0.5, 0.6) is 0 Å². The fourth-order valence-electron chi connectivity index (χ4n) is 4.27. The third-order valence-corrected chi connectivity index (χ3v) is 5.45. The minimum atomic E-state index is 0.222. The van der Waals surface area contributed by atoms with Gasteiger partial charge in [0.05, 0.1) is 6.10 Å². The first-order chi connectivity index (χ1) is 10.7. The second kappa shape index (κ2) is 6.78. The summed E-state index contributed by atoms with van der Waals surface area (Å²) in [5, 5.41) is 0. The van der Waals surface area contributed by atoms with Crippen molar-refractivity contribution in [3.8, 4) is 0 Å². The predicted molar refractivity (Wildman–Crippen MR) is 85.5 cm³/mol. The molecule has 0 radical (unpaired) electrons. The van der Waals surface area contributed by atoms with Crippen LogP contribution in [-0.4, -0.2) is 42.1 Å². The SMILES string of the molecule is CO[C@@H]1CCC[C@@]12CCCN(C(=O)CCc1ccncc1)C2. The number of carbonyl (C=O) groups excluding carboxylic acids is 1. The van der Waals surface area contributed by atoms with Crippen molar-refractivity contribution in [2.75, 3.05) is 20.2 Å². The number of amides is 1. The summed E-state index contributed by atoms with van der Waals surface area (Å²) in [4.78, 5) is 18.7. The Morgan fingerprint density at radius 2 is 2.14 bits per heavy atom. The van der Waals surface area contributed by atoms with Gasteiger partial charge in [0, 0.05) is 44.4 Å². The number of nitrogens with zero attached hydrogens (tertiary/aromatic N) is 2. The number of hydrogen-bond donors (Lipinski definition) is 0. The normalized spacial score (nSPS) is 28.2. The molecular weight excluding hydrogens is 276 g/mol. The Balaban J connectivity index is 1.58. The van der Waals surface area contributed by atoms with E-state index in [-0.39, 0.29) is 11.3 Å². The number of hydrogen-bond acceptors (Lipinski definition) is 3. The van der Waals surface area contributed by atoms with Gasteiger partial charge in [0.15, 0.2) is 0 Å². The molecule has 0 N–H and O–H groups in total. The monoisotopic (exact) mass is 302 g/mol. The highest BCUT2D eigenvalue weighted by Crippen LogP contribution is 2.46. The molecule has 1 saturated heterocycles. The summed E-state index contributed by atoms with van der Waals surface area (Å²) >= 11 is 0. The molecule has 120 valence electrons. The molecule has 1 saturated carbocycles.